The van der Waals surface area contributed by atoms with Crippen LogP contribution in [0.3, 0.4) is 0 Å². The number of anilines is 1. The summed E-state index contributed by atoms with van der Waals surface area (Å²) in [6.07, 6.45) is 1.83. The van der Waals surface area contributed by atoms with Crippen LogP contribution in [-0.2, 0) is 0 Å². The van der Waals surface area contributed by atoms with Crippen LogP contribution in [0, 0.1) is 11.3 Å². The van der Waals surface area contributed by atoms with E-state index in [0.717, 1.165) is 15.4 Å². The number of H-pyrrole nitrogens is 1. The number of hydrogen-bond acceptors (Lipinski definition) is 2. The van der Waals surface area contributed by atoms with Crippen LogP contribution in [0.4, 0.5) is 5.69 Å². The monoisotopic (exact) mass is 339 g/mol. The van der Waals surface area contributed by atoms with Crippen LogP contribution >= 0.6 is 15.9 Å². The average molecular weight is 340 g/mol. The molecule has 102 valence electrons. The Hall–Kier alpha value is -2.58. The van der Waals surface area contributed by atoms with E-state index in [9.17, 15) is 4.79 Å². The van der Waals surface area contributed by atoms with Gasteiger partial charge in [0.1, 0.15) is 6.07 Å². The predicted octanol–water partition coefficient (Wildman–Crippen LogP) is 4.05. The number of nitrogens with one attached hydrogen (secondary N) is 2. The van der Waals surface area contributed by atoms with E-state index in [2.05, 4.69) is 32.3 Å². The zero-order valence-electron chi connectivity index (χ0n) is 10.9. The third-order valence-corrected chi connectivity index (χ3v) is 3.66. The molecular weight excluding hydrogens is 330 g/mol. The van der Waals surface area contributed by atoms with Gasteiger partial charge < -0.3 is 10.3 Å². The number of rotatable bonds is 2. The van der Waals surface area contributed by atoms with Gasteiger partial charge in [0, 0.05) is 27.1 Å². The van der Waals surface area contributed by atoms with E-state index in [1.54, 1.807) is 24.3 Å². The van der Waals surface area contributed by atoms with Gasteiger partial charge in [0.05, 0.1) is 11.3 Å². The van der Waals surface area contributed by atoms with Gasteiger partial charge in [-0.1, -0.05) is 15.9 Å². The van der Waals surface area contributed by atoms with Gasteiger partial charge >= 0.3 is 0 Å². The number of amides is 1. The Morgan fingerprint density at radius 1 is 1.19 bits per heavy atom. The van der Waals surface area contributed by atoms with E-state index >= 15 is 0 Å². The highest BCUT2D eigenvalue weighted by atomic mass is 79.9. The molecule has 5 heteroatoms. The molecule has 1 aromatic heterocycles. The zero-order valence-corrected chi connectivity index (χ0v) is 12.4. The second-order valence-electron chi connectivity index (χ2n) is 4.54. The molecule has 0 bridgehead atoms. The molecule has 2 aromatic carbocycles. The van der Waals surface area contributed by atoms with E-state index in [1.165, 1.54) is 0 Å². The lowest BCUT2D eigenvalue weighted by Crippen LogP contribution is -2.12. The molecule has 1 heterocycles. The Bertz CT molecular complexity index is 877. The number of carbonyl (C=O) groups excluding carboxylic acids is 1. The predicted molar refractivity (Wildman–Crippen MR) is 85.1 cm³/mol. The molecule has 1 amide bonds. The number of benzene rings is 2. The normalized spacial score (nSPS) is 10.3. The van der Waals surface area contributed by atoms with Crippen molar-refractivity contribution in [2.45, 2.75) is 0 Å². The van der Waals surface area contributed by atoms with Crippen LogP contribution in [0.5, 0.6) is 0 Å². The van der Waals surface area contributed by atoms with Gasteiger partial charge in [-0.25, -0.2) is 0 Å². The van der Waals surface area contributed by atoms with Crippen LogP contribution in [0.15, 0.2) is 53.1 Å². The molecule has 4 nitrogen and oxygen atoms in total. The lowest BCUT2D eigenvalue weighted by Gasteiger charge is -2.08. The van der Waals surface area contributed by atoms with E-state index in [4.69, 9.17) is 5.26 Å². The smallest absolute Gasteiger partial charge is 0.255 e. The van der Waals surface area contributed by atoms with Crippen molar-refractivity contribution in [3.8, 4) is 6.07 Å². The molecular formula is C16H10BrN3O. The number of aromatic nitrogens is 1. The first kappa shape index (κ1) is 13.4. The molecule has 0 fully saturated rings. The van der Waals surface area contributed by atoms with Crippen LogP contribution in [0.1, 0.15) is 15.9 Å². The average Bonchev–Trinajstić information content (AvgIpc) is 2.94. The van der Waals surface area contributed by atoms with Crippen molar-refractivity contribution in [2.24, 2.45) is 0 Å². The van der Waals surface area contributed by atoms with Gasteiger partial charge in [0.15, 0.2) is 0 Å². The van der Waals surface area contributed by atoms with Crippen molar-refractivity contribution in [2.75, 3.05) is 5.32 Å². The minimum absolute atomic E-state index is 0.243. The first-order chi connectivity index (χ1) is 10.2. The van der Waals surface area contributed by atoms with Crippen molar-refractivity contribution < 1.29 is 4.79 Å². The molecule has 2 N–H and O–H groups in total. The summed E-state index contributed by atoms with van der Waals surface area (Å²) >= 11 is 3.33. The van der Waals surface area contributed by atoms with E-state index in [1.807, 2.05) is 24.4 Å². The molecule has 0 spiro atoms. The molecule has 21 heavy (non-hydrogen) atoms. The summed E-state index contributed by atoms with van der Waals surface area (Å²) in [5, 5.41) is 12.8. The topological polar surface area (TPSA) is 68.7 Å². The molecule has 0 unspecified atom stereocenters. The van der Waals surface area contributed by atoms with Gasteiger partial charge in [0.25, 0.3) is 5.91 Å². The molecule has 0 saturated carbocycles. The molecule has 0 aliphatic heterocycles. The number of carbonyl (C=O) groups is 1. The fourth-order valence-electron chi connectivity index (χ4n) is 2.11. The maximum absolute atomic E-state index is 12.3. The Morgan fingerprint density at radius 2 is 2.05 bits per heavy atom. The summed E-state index contributed by atoms with van der Waals surface area (Å²) in [5.41, 5.74) is 2.44. The molecule has 0 aliphatic rings. The van der Waals surface area contributed by atoms with Crippen LogP contribution in [-0.4, -0.2) is 10.9 Å². The number of fused-ring (bicyclic) bond motifs is 1. The number of aromatic amines is 1. The summed E-state index contributed by atoms with van der Waals surface area (Å²) in [6, 6.07) is 14.5. The second-order valence-corrected chi connectivity index (χ2v) is 5.45. The van der Waals surface area contributed by atoms with Crippen molar-refractivity contribution in [1.82, 2.24) is 4.98 Å². The van der Waals surface area contributed by atoms with Crippen molar-refractivity contribution in [3.63, 3.8) is 0 Å². The number of hydrogen-bond donors (Lipinski definition) is 2. The lowest BCUT2D eigenvalue weighted by atomic mass is 10.1. The van der Waals surface area contributed by atoms with E-state index < -0.39 is 0 Å². The van der Waals surface area contributed by atoms with Gasteiger partial charge in [-0.3, -0.25) is 4.79 Å². The van der Waals surface area contributed by atoms with Crippen LogP contribution in [0.25, 0.3) is 10.9 Å². The van der Waals surface area contributed by atoms with Gasteiger partial charge in [-0.05, 0) is 42.5 Å². The summed E-state index contributed by atoms with van der Waals surface area (Å²) < 4.78 is 0.804. The second kappa shape index (κ2) is 5.43. The fraction of sp³-hybridized carbons (Fsp3) is 0. The summed E-state index contributed by atoms with van der Waals surface area (Å²) in [5.74, 6) is -0.243. The van der Waals surface area contributed by atoms with Crippen LogP contribution < -0.4 is 5.32 Å². The minimum atomic E-state index is -0.243. The maximum atomic E-state index is 12.3. The molecule has 3 rings (SSSR count). The first-order valence-corrected chi connectivity index (χ1v) is 7.05. The number of nitriles is 1. The Balaban J connectivity index is 1.92. The van der Waals surface area contributed by atoms with Gasteiger partial charge in [-0.15, -0.1) is 0 Å². The third kappa shape index (κ3) is 2.67. The third-order valence-electron chi connectivity index (χ3n) is 3.17. The largest absolute Gasteiger partial charge is 0.361 e. The maximum Gasteiger partial charge on any atom is 0.255 e. The Morgan fingerprint density at radius 3 is 2.86 bits per heavy atom. The van der Waals surface area contributed by atoms with E-state index in [0.29, 0.717) is 16.8 Å². The quantitative estimate of drug-likeness (QED) is 0.739. The standard InChI is InChI=1S/C16H10BrN3O/c17-13-3-1-12(9-18)15(8-13)20-16(21)11-2-4-14-10(7-11)5-6-19-14/h1-8,19H,(H,20,21). The summed E-state index contributed by atoms with van der Waals surface area (Å²) in [4.78, 5) is 15.4. The molecule has 0 atom stereocenters. The van der Waals surface area contributed by atoms with E-state index in [-0.39, 0.29) is 5.91 Å². The molecule has 0 radical (unpaired) electrons. The Kier molecular flexibility index (Phi) is 3.46. The highest BCUT2D eigenvalue weighted by Gasteiger charge is 2.10. The highest BCUT2D eigenvalue weighted by molar-refractivity contribution is 9.10. The number of nitrogens with zero attached hydrogens (tertiary/aromatic N) is 1. The Labute approximate surface area is 129 Å². The summed E-state index contributed by atoms with van der Waals surface area (Å²) in [7, 11) is 0. The molecule has 3 aromatic rings. The van der Waals surface area contributed by atoms with Crippen molar-refractivity contribution in [3.05, 3.63) is 64.3 Å². The zero-order chi connectivity index (χ0) is 14.8. The van der Waals surface area contributed by atoms with Crippen LogP contribution in [0.2, 0.25) is 0 Å². The summed E-state index contributed by atoms with van der Waals surface area (Å²) in [6.45, 7) is 0. The van der Waals surface area contributed by atoms with Gasteiger partial charge in [0.2, 0.25) is 0 Å². The highest BCUT2D eigenvalue weighted by Crippen LogP contribution is 2.22. The molecule has 0 saturated heterocycles. The van der Waals surface area contributed by atoms with Crippen molar-refractivity contribution in [1.29, 1.82) is 5.26 Å². The minimum Gasteiger partial charge on any atom is -0.361 e. The molecule has 0 aliphatic carbocycles. The van der Waals surface area contributed by atoms with Crippen molar-refractivity contribution >= 4 is 38.4 Å². The lowest BCUT2D eigenvalue weighted by molar-refractivity contribution is 0.102. The first-order valence-electron chi connectivity index (χ1n) is 6.25. The van der Waals surface area contributed by atoms with Gasteiger partial charge in [-0.2, -0.15) is 5.26 Å². The number of halogens is 1. The fourth-order valence-corrected chi connectivity index (χ4v) is 2.47. The SMILES string of the molecule is N#Cc1ccc(Br)cc1NC(=O)c1ccc2[nH]ccc2c1.